The number of esters is 1. The summed E-state index contributed by atoms with van der Waals surface area (Å²) in [6, 6.07) is 2.71. The van der Waals surface area contributed by atoms with Crippen LogP contribution in [0.5, 0.6) is 5.75 Å². The van der Waals surface area contributed by atoms with E-state index in [0.29, 0.717) is 0 Å². The molecule has 4 nitrogen and oxygen atoms in total. The van der Waals surface area contributed by atoms with Gasteiger partial charge in [0.2, 0.25) is 0 Å². The zero-order chi connectivity index (χ0) is 8.27. The molecule has 58 valence electrons. The van der Waals surface area contributed by atoms with Crippen LogP contribution in [-0.2, 0) is 4.79 Å². The summed E-state index contributed by atoms with van der Waals surface area (Å²) in [5.41, 5.74) is -0.288. The van der Waals surface area contributed by atoms with Gasteiger partial charge in [-0.2, -0.15) is 0 Å². The highest BCUT2D eigenvalue weighted by molar-refractivity contribution is 5.69. The summed E-state index contributed by atoms with van der Waals surface area (Å²) < 4.78 is 4.64. The molecule has 0 bridgehead atoms. The first-order valence-electron chi connectivity index (χ1n) is 3.05. The maximum absolute atomic E-state index is 10.6. The van der Waals surface area contributed by atoms with Crippen molar-refractivity contribution in [3.63, 3.8) is 0 Å². The fraction of sp³-hybridized carbons (Fsp3) is 0.143. The Morgan fingerprint density at radius 3 is 2.91 bits per heavy atom. The molecule has 0 saturated carbocycles. The molecule has 0 aliphatic carbocycles. The van der Waals surface area contributed by atoms with Crippen LogP contribution >= 0.6 is 0 Å². The minimum absolute atomic E-state index is 0.265. The third-order valence-corrected chi connectivity index (χ3v) is 1.01. The van der Waals surface area contributed by atoms with Gasteiger partial charge < -0.3 is 9.72 Å². The molecule has 1 aromatic rings. The van der Waals surface area contributed by atoms with Crippen molar-refractivity contribution < 1.29 is 9.53 Å². The van der Waals surface area contributed by atoms with Gasteiger partial charge in [-0.3, -0.25) is 9.59 Å². The Kier molecular flexibility index (Phi) is 2.06. The molecule has 4 heteroatoms. The first-order valence-corrected chi connectivity index (χ1v) is 3.05. The first-order chi connectivity index (χ1) is 5.18. The van der Waals surface area contributed by atoms with Gasteiger partial charge >= 0.3 is 5.97 Å². The van der Waals surface area contributed by atoms with Crippen LogP contribution in [0.4, 0.5) is 0 Å². The van der Waals surface area contributed by atoms with Crippen LogP contribution in [-0.4, -0.2) is 11.0 Å². The Morgan fingerprint density at radius 1 is 1.64 bits per heavy atom. The van der Waals surface area contributed by atoms with E-state index < -0.39 is 5.97 Å². The van der Waals surface area contributed by atoms with E-state index in [1.54, 1.807) is 0 Å². The number of pyridine rings is 1. The van der Waals surface area contributed by atoms with Crippen LogP contribution in [0.1, 0.15) is 6.92 Å². The molecule has 0 fully saturated rings. The van der Waals surface area contributed by atoms with E-state index in [9.17, 15) is 9.59 Å². The quantitative estimate of drug-likeness (QED) is 0.590. The Hall–Kier alpha value is -1.58. The maximum atomic E-state index is 10.6. The van der Waals surface area contributed by atoms with Crippen molar-refractivity contribution in [3.8, 4) is 5.75 Å². The van der Waals surface area contributed by atoms with E-state index in [-0.39, 0.29) is 11.3 Å². The van der Waals surface area contributed by atoms with Crippen molar-refractivity contribution in [2.75, 3.05) is 0 Å². The zero-order valence-corrected chi connectivity index (χ0v) is 5.96. The number of nitrogens with one attached hydrogen (secondary N) is 1. The Labute approximate surface area is 62.8 Å². The zero-order valence-electron chi connectivity index (χ0n) is 5.96. The van der Waals surface area contributed by atoms with E-state index in [1.807, 2.05) is 0 Å². The summed E-state index contributed by atoms with van der Waals surface area (Å²) >= 11 is 0. The summed E-state index contributed by atoms with van der Waals surface area (Å²) in [4.78, 5) is 23.4. The molecule has 0 aliphatic heterocycles. The van der Waals surface area contributed by atoms with Gasteiger partial charge in [0.1, 0.15) is 5.75 Å². The second-order valence-electron chi connectivity index (χ2n) is 1.98. The maximum Gasteiger partial charge on any atom is 0.308 e. The molecule has 0 aromatic carbocycles. The number of hydrogen-bond donors (Lipinski definition) is 1. The monoisotopic (exact) mass is 153 g/mol. The highest BCUT2D eigenvalue weighted by Crippen LogP contribution is 2.03. The third-order valence-electron chi connectivity index (χ3n) is 1.01. The molecular weight excluding hydrogens is 146 g/mol. The van der Waals surface area contributed by atoms with E-state index >= 15 is 0 Å². The van der Waals surface area contributed by atoms with Crippen LogP contribution in [0, 0.1) is 0 Å². The molecule has 0 aliphatic rings. The Morgan fingerprint density at radius 2 is 2.36 bits per heavy atom. The minimum atomic E-state index is -0.435. The van der Waals surface area contributed by atoms with E-state index in [1.165, 1.54) is 25.3 Å². The summed E-state index contributed by atoms with van der Waals surface area (Å²) in [6.45, 7) is 1.28. The highest BCUT2D eigenvalue weighted by atomic mass is 16.5. The van der Waals surface area contributed by atoms with Crippen LogP contribution in [0.15, 0.2) is 23.1 Å². The van der Waals surface area contributed by atoms with Gasteiger partial charge in [0, 0.05) is 19.2 Å². The van der Waals surface area contributed by atoms with Crippen molar-refractivity contribution in [2.24, 2.45) is 0 Å². The predicted octanol–water partition coefficient (Wildman–Crippen LogP) is 0.300. The molecule has 1 rings (SSSR count). The van der Waals surface area contributed by atoms with Crippen molar-refractivity contribution in [1.82, 2.24) is 4.98 Å². The molecular formula is C7H7NO3. The molecule has 1 heterocycles. The topological polar surface area (TPSA) is 59.2 Å². The van der Waals surface area contributed by atoms with Crippen molar-refractivity contribution in [1.29, 1.82) is 0 Å². The molecule has 0 radical (unpaired) electrons. The Balaban J connectivity index is 2.88. The number of rotatable bonds is 1. The number of hydrogen-bond acceptors (Lipinski definition) is 3. The number of carbonyl (C=O) groups excluding carboxylic acids is 1. The normalized spacial score (nSPS) is 9.18. The van der Waals surface area contributed by atoms with Gasteiger partial charge in [-0.05, 0) is 6.07 Å². The van der Waals surface area contributed by atoms with Gasteiger partial charge in [0.15, 0.2) is 0 Å². The highest BCUT2D eigenvalue weighted by Gasteiger charge is 1.96. The molecule has 0 unspecified atom stereocenters. The largest absolute Gasteiger partial charge is 0.426 e. The smallest absolute Gasteiger partial charge is 0.308 e. The standard InChI is InChI=1S/C7H7NO3/c1-5(9)11-6-2-3-8-7(10)4-6/h2-4H,1H3,(H,8,10). The first kappa shape index (κ1) is 7.53. The van der Waals surface area contributed by atoms with E-state index in [2.05, 4.69) is 9.72 Å². The van der Waals surface area contributed by atoms with Gasteiger partial charge in [-0.15, -0.1) is 0 Å². The number of carbonyl (C=O) groups is 1. The molecule has 1 N–H and O–H groups in total. The Bertz CT molecular complexity index is 315. The lowest BCUT2D eigenvalue weighted by molar-refractivity contribution is -0.131. The van der Waals surface area contributed by atoms with Crippen molar-refractivity contribution in [2.45, 2.75) is 6.92 Å². The van der Waals surface area contributed by atoms with Gasteiger partial charge in [0.05, 0.1) is 0 Å². The number of aromatic nitrogens is 1. The molecule has 11 heavy (non-hydrogen) atoms. The molecule has 0 atom stereocenters. The fourth-order valence-corrected chi connectivity index (χ4v) is 0.654. The van der Waals surface area contributed by atoms with Crippen LogP contribution in [0.25, 0.3) is 0 Å². The van der Waals surface area contributed by atoms with Crippen LogP contribution in [0.2, 0.25) is 0 Å². The van der Waals surface area contributed by atoms with Crippen LogP contribution in [0.3, 0.4) is 0 Å². The molecule has 0 spiro atoms. The van der Waals surface area contributed by atoms with Gasteiger partial charge in [-0.25, -0.2) is 0 Å². The number of aromatic amines is 1. The minimum Gasteiger partial charge on any atom is -0.426 e. The summed E-state index contributed by atoms with van der Waals surface area (Å²) in [6.07, 6.45) is 1.42. The van der Waals surface area contributed by atoms with Gasteiger partial charge in [-0.1, -0.05) is 0 Å². The number of ether oxygens (including phenoxy) is 1. The average molecular weight is 153 g/mol. The molecule has 1 aromatic heterocycles. The fourth-order valence-electron chi connectivity index (χ4n) is 0.654. The van der Waals surface area contributed by atoms with Gasteiger partial charge in [0.25, 0.3) is 5.56 Å². The lowest BCUT2D eigenvalue weighted by Crippen LogP contribution is -2.07. The molecule has 0 amide bonds. The van der Waals surface area contributed by atoms with Crippen molar-refractivity contribution in [3.05, 3.63) is 28.7 Å². The van der Waals surface area contributed by atoms with E-state index in [0.717, 1.165) is 0 Å². The summed E-state index contributed by atoms with van der Waals surface area (Å²) in [5.74, 6) is -0.170. The predicted molar refractivity (Wildman–Crippen MR) is 38.4 cm³/mol. The van der Waals surface area contributed by atoms with Crippen LogP contribution < -0.4 is 10.3 Å². The summed E-state index contributed by atoms with van der Waals surface area (Å²) in [7, 11) is 0. The van der Waals surface area contributed by atoms with Crippen molar-refractivity contribution >= 4 is 5.97 Å². The lowest BCUT2D eigenvalue weighted by Gasteiger charge is -1.97. The third kappa shape index (κ3) is 2.25. The second-order valence-corrected chi connectivity index (χ2v) is 1.98. The average Bonchev–Trinajstić information content (AvgIpc) is 1.85. The van der Waals surface area contributed by atoms with E-state index in [4.69, 9.17) is 0 Å². The number of H-pyrrole nitrogens is 1. The lowest BCUT2D eigenvalue weighted by atomic mass is 10.4. The molecule has 0 saturated heterocycles. The second kappa shape index (κ2) is 3.01. The summed E-state index contributed by atoms with van der Waals surface area (Å²) in [5, 5.41) is 0. The SMILES string of the molecule is CC(=O)Oc1cc[nH]c(=O)c1.